The van der Waals surface area contributed by atoms with Crippen molar-refractivity contribution >= 4 is 5.91 Å². The third kappa shape index (κ3) is 7.61. The maximum Gasteiger partial charge on any atom is 0.417 e. The normalized spacial score (nSPS) is 14.9. The van der Waals surface area contributed by atoms with Gasteiger partial charge in [-0.2, -0.15) is 13.2 Å². The van der Waals surface area contributed by atoms with Crippen molar-refractivity contribution in [3.8, 4) is 5.75 Å². The van der Waals surface area contributed by atoms with Crippen LogP contribution in [-0.2, 0) is 28.8 Å². The molecule has 1 N–H and O–H groups in total. The fourth-order valence-corrected chi connectivity index (χ4v) is 3.60. The zero-order valence-corrected chi connectivity index (χ0v) is 18.4. The Labute approximate surface area is 190 Å². The quantitative estimate of drug-likeness (QED) is 0.614. The number of nitrogens with zero attached hydrogens (tertiary/aromatic N) is 2. The van der Waals surface area contributed by atoms with E-state index in [2.05, 4.69) is 17.3 Å². The molecule has 10 heteroatoms. The van der Waals surface area contributed by atoms with Gasteiger partial charge >= 0.3 is 6.18 Å². The van der Waals surface area contributed by atoms with Gasteiger partial charge in [0.05, 0.1) is 5.56 Å². The van der Waals surface area contributed by atoms with Gasteiger partial charge < -0.3 is 19.4 Å². The SMILES string of the molecule is CN(CCOc1cccc(CNC(=O)Cn2cc(C(F)(F)F)ccc2=O)c1)C1CCOCC1. The Bertz CT molecular complexity index is 987. The third-order valence-electron chi connectivity index (χ3n) is 5.54. The van der Waals surface area contributed by atoms with E-state index in [0.717, 1.165) is 48.8 Å². The Balaban J connectivity index is 1.47. The van der Waals surface area contributed by atoms with Gasteiger partial charge in [-0.1, -0.05) is 12.1 Å². The highest BCUT2D eigenvalue weighted by Gasteiger charge is 2.31. The average Bonchev–Trinajstić information content (AvgIpc) is 2.79. The number of carbonyl (C=O) groups excluding carboxylic acids is 1. The van der Waals surface area contributed by atoms with Gasteiger partial charge in [0.1, 0.15) is 18.9 Å². The molecule has 1 amide bonds. The zero-order chi connectivity index (χ0) is 23.8. The molecule has 0 atom stereocenters. The summed E-state index contributed by atoms with van der Waals surface area (Å²) in [6, 6.07) is 9.22. The largest absolute Gasteiger partial charge is 0.492 e. The first kappa shape index (κ1) is 24.8. The molecule has 2 heterocycles. The molecule has 33 heavy (non-hydrogen) atoms. The number of alkyl halides is 3. The minimum Gasteiger partial charge on any atom is -0.492 e. The van der Waals surface area contributed by atoms with Crippen molar-refractivity contribution in [1.29, 1.82) is 0 Å². The standard InChI is InChI=1S/C23H28F3N3O4/c1-28(19-7-10-32-11-8-19)9-12-33-20-4-2-3-17(13-20)14-27-21(30)16-29-15-18(23(24,25)26)5-6-22(29)31/h2-6,13,15,19H,7-12,14,16H2,1H3,(H,27,30). The molecule has 3 rings (SSSR count). The van der Waals surface area contributed by atoms with Crippen LogP contribution in [0.2, 0.25) is 0 Å². The van der Waals surface area contributed by atoms with Crippen molar-refractivity contribution in [2.75, 3.05) is 33.4 Å². The van der Waals surface area contributed by atoms with Crippen LogP contribution in [0, 0.1) is 0 Å². The van der Waals surface area contributed by atoms with E-state index in [-0.39, 0.29) is 6.54 Å². The highest BCUT2D eigenvalue weighted by molar-refractivity contribution is 5.75. The predicted octanol–water partition coefficient (Wildman–Crippen LogP) is 2.67. The van der Waals surface area contributed by atoms with Crippen molar-refractivity contribution < 1.29 is 27.4 Å². The van der Waals surface area contributed by atoms with E-state index in [0.29, 0.717) is 30.7 Å². The number of nitrogens with one attached hydrogen (secondary N) is 1. The summed E-state index contributed by atoms with van der Waals surface area (Å²) in [5.74, 6) is 0.0945. The number of hydrogen-bond acceptors (Lipinski definition) is 5. The van der Waals surface area contributed by atoms with Crippen LogP contribution < -0.4 is 15.6 Å². The molecular formula is C23H28F3N3O4. The Hall–Kier alpha value is -2.85. The predicted molar refractivity (Wildman–Crippen MR) is 116 cm³/mol. The summed E-state index contributed by atoms with van der Waals surface area (Å²) < 4.78 is 50.5. The van der Waals surface area contributed by atoms with E-state index >= 15 is 0 Å². The van der Waals surface area contributed by atoms with Gasteiger partial charge in [-0.05, 0) is 43.7 Å². The molecule has 0 aliphatic carbocycles. The highest BCUT2D eigenvalue weighted by atomic mass is 19.4. The molecule has 1 aliphatic heterocycles. The second-order valence-electron chi connectivity index (χ2n) is 7.98. The summed E-state index contributed by atoms with van der Waals surface area (Å²) in [5, 5.41) is 2.62. The average molecular weight is 467 g/mol. The Morgan fingerprint density at radius 1 is 1.24 bits per heavy atom. The van der Waals surface area contributed by atoms with Crippen LogP contribution in [0.25, 0.3) is 0 Å². The van der Waals surface area contributed by atoms with Gasteiger partial charge in [0.2, 0.25) is 5.91 Å². The third-order valence-corrected chi connectivity index (χ3v) is 5.54. The second-order valence-corrected chi connectivity index (χ2v) is 7.98. The van der Waals surface area contributed by atoms with Gasteiger partial charge in [0.15, 0.2) is 0 Å². The summed E-state index contributed by atoms with van der Waals surface area (Å²) in [5.41, 5.74) is -0.892. The van der Waals surface area contributed by atoms with Gasteiger partial charge in [0, 0.05) is 44.6 Å². The smallest absolute Gasteiger partial charge is 0.417 e. The molecule has 1 aromatic carbocycles. The van der Waals surface area contributed by atoms with Gasteiger partial charge in [-0.15, -0.1) is 0 Å². The molecule has 1 saturated heterocycles. The molecule has 0 saturated carbocycles. The van der Waals surface area contributed by atoms with Crippen LogP contribution >= 0.6 is 0 Å². The van der Waals surface area contributed by atoms with Gasteiger partial charge in [-0.3, -0.25) is 14.5 Å². The molecule has 7 nitrogen and oxygen atoms in total. The lowest BCUT2D eigenvalue weighted by Crippen LogP contribution is -2.38. The van der Waals surface area contributed by atoms with Crippen molar-refractivity contribution in [2.45, 2.75) is 38.1 Å². The molecule has 0 bridgehead atoms. The van der Waals surface area contributed by atoms with E-state index < -0.39 is 29.8 Å². The number of likely N-dealkylation sites (N-methyl/N-ethyl adjacent to an activating group) is 1. The minimum absolute atomic E-state index is 0.158. The van der Waals surface area contributed by atoms with Gasteiger partial charge in [0.25, 0.3) is 5.56 Å². The second kappa shape index (κ2) is 11.3. The number of carbonyl (C=O) groups is 1. The van der Waals surface area contributed by atoms with Crippen LogP contribution in [0.3, 0.4) is 0 Å². The number of halogens is 3. The summed E-state index contributed by atoms with van der Waals surface area (Å²) >= 11 is 0. The zero-order valence-electron chi connectivity index (χ0n) is 18.4. The first-order chi connectivity index (χ1) is 15.7. The fraction of sp³-hybridized carbons (Fsp3) is 0.478. The van der Waals surface area contributed by atoms with E-state index in [1.807, 2.05) is 6.07 Å². The van der Waals surface area contributed by atoms with Crippen molar-refractivity contribution in [3.63, 3.8) is 0 Å². The fourth-order valence-electron chi connectivity index (χ4n) is 3.60. The molecule has 1 aliphatic rings. The van der Waals surface area contributed by atoms with E-state index in [1.165, 1.54) is 0 Å². The van der Waals surface area contributed by atoms with Crippen LogP contribution in [0.1, 0.15) is 24.0 Å². The van der Waals surface area contributed by atoms with E-state index in [4.69, 9.17) is 9.47 Å². The molecule has 0 spiro atoms. The molecule has 1 aromatic heterocycles. The molecule has 2 aromatic rings. The number of pyridine rings is 1. The number of aromatic nitrogens is 1. The summed E-state index contributed by atoms with van der Waals surface area (Å²) in [6.07, 6.45) is -1.92. The van der Waals surface area contributed by atoms with Crippen LogP contribution in [0.5, 0.6) is 5.75 Å². The number of benzene rings is 1. The highest BCUT2D eigenvalue weighted by Crippen LogP contribution is 2.28. The van der Waals surface area contributed by atoms with Crippen LogP contribution in [0.15, 0.2) is 47.4 Å². The number of ether oxygens (including phenoxy) is 2. The maximum atomic E-state index is 12.8. The summed E-state index contributed by atoms with van der Waals surface area (Å²) in [6.45, 7) is 2.51. The number of hydrogen-bond donors (Lipinski definition) is 1. The lowest BCUT2D eigenvalue weighted by Gasteiger charge is -2.31. The van der Waals surface area contributed by atoms with Crippen LogP contribution in [-0.4, -0.2) is 54.8 Å². The molecule has 0 unspecified atom stereocenters. The first-order valence-electron chi connectivity index (χ1n) is 10.8. The Morgan fingerprint density at radius 3 is 2.73 bits per heavy atom. The van der Waals surface area contributed by atoms with Crippen LogP contribution in [0.4, 0.5) is 13.2 Å². The topological polar surface area (TPSA) is 72.8 Å². The maximum absolute atomic E-state index is 12.8. The first-order valence-corrected chi connectivity index (χ1v) is 10.8. The van der Waals surface area contributed by atoms with E-state index in [9.17, 15) is 22.8 Å². The lowest BCUT2D eigenvalue weighted by atomic mass is 10.1. The molecule has 1 fully saturated rings. The van der Waals surface area contributed by atoms with E-state index in [1.54, 1.807) is 18.2 Å². The lowest BCUT2D eigenvalue weighted by molar-refractivity contribution is -0.138. The number of rotatable bonds is 9. The van der Waals surface area contributed by atoms with Crippen molar-refractivity contribution in [2.24, 2.45) is 0 Å². The summed E-state index contributed by atoms with van der Waals surface area (Å²) in [4.78, 5) is 26.2. The Morgan fingerprint density at radius 2 is 2.00 bits per heavy atom. The Kier molecular flexibility index (Phi) is 8.51. The molecule has 0 radical (unpaired) electrons. The minimum atomic E-state index is -4.59. The van der Waals surface area contributed by atoms with Crippen molar-refractivity contribution in [3.05, 3.63) is 64.1 Å². The van der Waals surface area contributed by atoms with Crippen molar-refractivity contribution in [1.82, 2.24) is 14.8 Å². The summed E-state index contributed by atoms with van der Waals surface area (Å²) in [7, 11) is 2.07. The van der Waals surface area contributed by atoms with Gasteiger partial charge in [-0.25, -0.2) is 0 Å². The molecule has 180 valence electrons. The number of amides is 1. The molecular weight excluding hydrogens is 439 g/mol. The monoisotopic (exact) mass is 467 g/mol.